The molecular weight excluding hydrogens is 454 g/mol. The van der Waals surface area contributed by atoms with Gasteiger partial charge in [-0.1, -0.05) is 12.1 Å². The molecule has 0 aliphatic rings. The van der Waals surface area contributed by atoms with Gasteiger partial charge in [-0.15, -0.1) is 0 Å². The molecule has 0 heterocycles. The van der Waals surface area contributed by atoms with Crippen LogP contribution in [0.1, 0.15) is 16.7 Å². The van der Waals surface area contributed by atoms with Crippen LogP contribution in [-0.4, -0.2) is 27.5 Å². The minimum Gasteiger partial charge on any atom is -0.484 e. The van der Waals surface area contributed by atoms with Crippen LogP contribution in [0, 0.1) is 0 Å². The predicted molar refractivity (Wildman–Crippen MR) is 96.5 cm³/mol. The Kier molecular flexibility index (Phi) is 7.21. The van der Waals surface area contributed by atoms with Crippen LogP contribution in [0.15, 0.2) is 47.4 Å². The number of benzene rings is 2. The first kappa shape index (κ1) is 24.5. The molecule has 2 rings (SSSR count). The van der Waals surface area contributed by atoms with Crippen molar-refractivity contribution in [3.8, 4) is 5.75 Å². The van der Waals surface area contributed by atoms with Gasteiger partial charge in [-0.3, -0.25) is 4.79 Å². The van der Waals surface area contributed by atoms with E-state index in [1.54, 1.807) is 0 Å². The van der Waals surface area contributed by atoms with Crippen LogP contribution in [0.2, 0.25) is 0 Å². The number of primary sulfonamides is 1. The molecule has 1 amide bonds. The molecule has 2 aromatic rings. The largest absolute Gasteiger partial charge is 0.484 e. The quantitative estimate of drug-likeness (QED) is 0.608. The molecule has 0 unspecified atom stereocenters. The number of nitrogens with two attached hydrogens (primary N) is 1. The highest BCUT2D eigenvalue weighted by molar-refractivity contribution is 7.89. The van der Waals surface area contributed by atoms with E-state index < -0.39 is 51.8 Å². The van der Waals surface area contributed by atoms with E-state index in [-0.39, 0.29) is 23.9 Å². The van der Waals surface area contributed by atoms with Crippen LogP contribution in [0.25, 0.3) is 0 Å². The minimum atomic E-state index is -5.03. The lowest BCUT2D eigenvalue weighted by Crippen LogP contribution is -2.30. The van der Waals surface area contributed by atoms with E-state index in [1.165, 1.54) is 24.3 Å². The second-order valence-electron chi connectivity index (χ2n) is 6.32. The Hall–Kier alpha value is -2.80. The van der Waals surface area contributed by atoms with Gasteiger partial charge in [0.25, 0.3) is 5.91 Å². The number of hydrogen-bond donors (Lipinski definition) is 2. The lowest BCUT2D eigenvalue weighted by atomic mass is 10.1. The number of rotatable bonds is 7. The predicted octanol–water partition coefficient (Wildman–Crippen LogP) is 3.11. The zero-order valence-corrected chi connectivity index (χ0v) is 16.4. The highest BCUT2D eigenvalue weighted by Crippen LogP contribution is 2.38. The molecule has 0 fully saturated rings. The van der Waals surface area contributed by atoms with Crippen molar-refractivity contribution >= 4 is 15.9 Å². The van der Waals surface area contributed by atoms with Crippen molar-refractivity contribution in [2.45, 2.75) is 23.7 Å². The lowest BCUT2D eigenvalue weighted by Gasteiger charge is -2.14. The van der Waals surface area contributed by atoms with E-state index in [1.807, 2.05) is 0 Å². The average molecular weight is 470 g/mol. The summed E-state index contributed by atoms with van der Waals surface area (Å²) in [6.45, 7) is -0.740. The van der Waals surface area contributed by atoms with E-state index in [9.17, 15) is 39.6 Å². The first-order valence-corrected chi connectivity index (χ1v) is 10.0. The first-order valence-electron chi connectivity index (χ1n) is 8.47. The van der Waals surface area contributed by atoms with Crippen LogP contribution in [-0.2, 0) is 33.6 Å². The summed E-state index contributed by atoms with van der Waals surface area (Å²) < 4.78 is 104. The van der Waals surface area contributed by atoms with Gasteiger partial charge in [0.15, 0.2) is 6.61 Å². The number of nitrogens with one attached hydrogen (secondary N) is 1. The molecule has 6 nitrogen and oxygen atoms in total. The van der Waals surface area contributed by atoms with Gasteiger partial charge in [0.05, 0.1) is 16.0 Å². The standard InChI is InChI=1S/C18H16F6N2O4S/c19-17(20,21)12-7-13(18(22,23)24)9-14(8-12)30-10-16(27)26-6-5-11-1-3-15(4-2-11)31(25,28)29/h1-4,7-9H,5-6,10H2,(H,26,27)(H2,25,28,29). The number of hydrogen-bond acceptors (Lipinski definition) is 4. The summed E-state index contributed by atoms with van der Waals surface area (Å²) in [7, 11) is -3.84. The highest BCUT2D eigenvalue weighted by atomic mass is 32.2. The van der Waals surface area contributed by atoms with Crippen molar-refractivity contribution in [3.63, 3.8) is 0 Å². The second kappa shape index (κ2) is 9.14. The maximum absolute atomic E-state index is 12.8. The number of sulfonamides is 1. The first-order chi connectivity index (χ1) is 14.2. The average Bonchev–Trinajstić information content (AvgIpc) is 2.64. The smallest absolute Gasteiger partial charge is 0.416 e. The molecule has 0 saturated heterocycles. The molecule has 31 heavy (non-hydrogen) atoms. The summed E-state index contributed by atoms with van der Waals surface area (Å²) in [5.41, 5.74) is -2.46. The maximum Gasteiger partial charge on any atom is 0.416 e. The van der Waals surface area contributed by atoms with Gasteiger partial charge in [0.1, 0.15) is 5.75 Å². The SMILES string of the molecule is NS(=O)(=O)c1ccc(CCNC(=O)COc2cc(C(F)(F)F)cc(C(F)(F)F)c2)cc1. The molecule has 2 aromatic carbocycles. The fraction of sp³-hybridized carbons (Fsp3) is 0.278. The van der Waals surface area contributed by atoms with Crippen molar-refractivity contribution in [2.24, 2.45) is 5.14 Å². The zero-order valence-electron chi connectivity index (χ0n) is 15.5. The second-order valence-corrected chi connectivity index (χ2v) is 7.88. The van der Waals surface area contributed by atoms with E-state index in [0.29, 0.717) is 17.7 Å². The Bertz CT molecular complexity index is 1000. The van der Waals surface area contributed by atoms with Crippen LogP contribution >= 0.6 is 0 Å². The summed E-state index contributed by atoms with van der Waals surface area (Å²) in [5, 5.41) is 7.36. The summed E-state index contributed by atoms with van der Waals surface area (Å²) in [5.74, 6) is -1.52. The molecule has 0 aliphatic heterocycles. The molecule has 13 heteroatoms. The van der Waals surface area contributed by atoms with Crippen molar-refractivity contribution in [3.05, 3.63) is 59.2 Å². The monoisotopic (exact) mass is 470 g/mol. The fourth-order valence-corrected chi connectivity index (χ4v) is 2.92. The maximum atomic E-state index is 12.8. The Morgan fingerprint density at radius 1 is 0.935 bits per heavy atom. The third-order valence-corrected chi connectivity index (χ3v) is 4.85. The van der Waals surface area contributed by atoms with Crippen molar-refractivity contribution in [2.75, 3.05) is 13.2 Å². The normalized spacial score (nSPS) is 12.5. The van der Waals surface area contributed by atoms with Gasteiger partial charge >= 0.3 is 12.4 Å². The molecule has 3 N–H and O–H groups in total. The van der Waals surface area contributed by atoms with Crippen LogP contribution in [0.5, 0.6) is 5.75 Å². The summed E-state index contributed by atoms with van der Waals surface area (Å²) in [6.07, 6.45) is -9.78. The van der Waals surface area contributed by atoms with Crippen molar-refractivity contribution in [1.29, 1.82) is 0 Å². The highest BCUT2D eigenvalue weighted by Gasteiger charge is 2.37. The topological polar surface area (TPSA) is 98.5 Å². The van der Waals surface area contributed by atoms with Gasteiger partial charge < -0.3 is 10.1 Å². The minimum absolute atomic E-state index is 0.0475. The molecule has 0 radical (unpaired) electrons. The van der Waals surface area contributed by atoms with E-state index in [4.69, 9.17) is 9.88 Å². The molecule has 0 bridgehead atoms. The zero-order chi connectivity index (χ0) is 23.4. The van der Waals surface area contributed by atoms with Gasteiger partial charge in [0.2, 0.25) is 10.0 Å². The number of amides is 1. The van der Waals surface area contributed by atoms with Gasteiger partial charge in [-0.25, -0.2) is 13.6 Å². The molecule has 0 aromatic heterocycles. The number of halogens is 6. The molecule has 0 spiro atoms. The van der Waals surface area contributed by atoms with E-state index in [0.717, 1.165) is 0 Å². The Morgan fingerprint density at radius 2 is 1.45 bits per heavy atom. The Labute approximate surface area is 173 Å². The van der Waals surface area contributed by atoms with Crippen LogP contribution in [0.4, 0.5) is 26.3 Å². The van der Waals surface area contributed by atoms with Crippen LogP contribution in [0.3, 0.4) is 0 Å². The summed E-state index contributed by atoms with van der Waals surface area (Å²) in [4.78, 5) is 11.7. The van der Waals surface area contributed by atoms with E-state index in [2.05, 4.69) is 5.32 Å². The number of carbonyl (C=O) groups excluding carboxylic acids is 1. The third-order valence-electron chi connectivity index (χ3n) is 3.92. The van der Waals surface area contributed by atoms with Gasteiger partial charge in [0, 0.05) is 6.54 Å². The lowest BCUT2D eigenvalue weighted by molar-refractivity contribution is -0.143. The van der Waals surface area contributed by atoms with Crippen molar-refractivity contribution in [1.82, 2.24) is 5.32 Å². The fourth-order valence-electron chi connectivity index (χ4n) is 2.40. The number of carbonyl (C=O) groups is 1. The third kappa shape index (κ3) is 7.43. The van der Waals surface area contributed by atoms with Gasteiger partial charge in [-0.05, 0) is 42.3 Å². The molecule has 0 aliphatic carbocycles. The molecule has 0 saturated carbocycles. The Balaban J connectivity index is 1.93. The Morgan fingerprint density at radius 3 is 1.90 bits per heavy atom. The number of alkyl halides is 6. The van der Waals surface area contributed by atoms with Crippen LogP contribution < -0.4 is 15.2 Å². The van der Waals surface area contributed by atoms with Gasteiger partial charge in [-0.2, -0.15) is 26.3 Å². The van der Waals surface area contributed by atoms with Crippen molar-refractivity contribution < 1.29 is 44.3 Å². The number of ether oxygens (including phenoxy) is 1. The molecule has 170 valence electrons. The molecular formula is C18H16F6N2O4S. The summed E-state index contributed by atoms with van der Waals surface area (Å²) >= 11 is 0. The van der Waals surface area contributed by atoms with E-state index >= 15 is 0 Å². The molecule has 0 atom stereocenters. The summed E-state index contributed by atoms with van der Waals surface area (Å²) in [6, 6.07) is 6.20.